The van der Waals surface area contributed by atoms with Crippen LogP contribution in [0.3, 0.4) is 0 Å². The normalized spacial score (nSPS) is 26.1. The van der Waals surface area contributed by atoms with Crippen LogP contribution < -0.4 is 15.4 Å². The van der Waals surface area contributed by atoms with E-state index in [4.69, 9.17) is 4.74 Å². The molecule has 2 aliphatic rings. The van der Waals surface area contributed by atoms with Crippen molar-refractivity contribution in [3.63, 3.8) is 0 Å². The second kappa shape index (κ2) is 7.97. The van der Waals surface area contributed by atoms with E-state index in [1.54, 1.807) is 19.1 Å². The fourth-order valence-corrected chi connectivity index (χ4v) is 3.60. The molecule has 0 aromatic heterocycles. The summed E-state index contributed by atoms with van der Waals surface area (Å²) in [7, 11) is 0. The topological polar surface area (TPSA) is 50.4 Å². The Bertz CT molecular complexity index is 541. The molecular formula is C17H24ClFN2O2. The summed E-state index contributed by atoms with van der Waals surface area (Å²) in [5, 5.41) is 6.24. The lowest BCUT2D eigenvalue weighted by Crippen LogP contribution is -2.39. The fraction of sp³-hybridized carbons (Fsp3) is 0.588. The van der Waals surface area contributed by atoms with Gasteiger partial charge in [-0.2, -0.15) is 0 Å². The average molecular weight is 343 g/mol. The van der Waals surface area contributed by atoms with Gasteiger partial charge >= 0.3 is 0 Å². The van der Waals surface area contributed by atoms with Gasteiger partial charge in [-0.05, 0) is 44.2 Å². The predicted octanol–water partition coefficient (Wildman–Crippen LogP) is 3.51. The van der Waals surface area contributed by atoms with E-state index in [1.165, 1.54) is 25.3 Å². The molecule has 1 aromatic carbocycles. The molecular weight excluding hydrogens is 319 g/mol. The Morgan fingerprint density at radius 1 is 1.39 bits per heavy atom. The molecule has 0 radical (unpaired) electrons. The molecule has 1 saturated carbocycles. The van der Waals surface area contributed by atoms with Crippen molar-refractivity contribution in [2.45, 2.75) is 51.1 Å². The van der Waals surface area contributed by atoms with E-state index in [2.05, 4.69) is 10.6 Å². The quantitative estimate of drug-likeness (QED) is 0.880. The Hall–Kier alpha value is -1.33. The van der Waals surface area contributed by atoms with Gasteiger partial charge in [-0.25, -0.2) is 4.39 Å². The first-order valence-electron chi connectivity index (χ1n) is 8.16. The SMILES string of the molecule is CCOc1ccc(NC(=O)C2CC3CCCCC3N2)cc1F.Cl. The molecule has 1 aliphatic carbocycles. The standard InChI is InChI=1S/C17H23FN2O2.ClH/c1-2-22-16-8-7-12(10-13(16)18)19-17(21)15-9-11-5-3-4-6-14(11)20-15;/h7-8,10-11,14-15,20H,2-6,9H2,1H3,(H,19,21);1H. The number of benzene rings is 1. The number of anilines is 1. The van der Waals surface area contributed by atoms with Crippen molar-refractivity contribution >= 4 is 24.0 Å². The van der Waals surface area contributed by atoms with Gasteiger partial charge in [0, 0.05) is 17.8 Å². The third kappa shape index (κ3) is 4.15. The van der Waals surface area contributed by atoms with E-state index >= 15 is 0 Å². The van der Waals surface area contributed by atoms with Gasteiger partial charge in [0.15, 0.2) is 11.6 Å². The highest BCUT2D eigenvalue weighted by Crippen LogP contribution is 2.33. The van der Waals surface area contributed by atoms with Crippen LogP contribution in [-0.2, 0) is 4.79 Å². The first kappa shape index (κ1) is 18.0. The number of ether oxygens (including phenoxy) is 1. The lowest BCUT2D eigenvalue weighted by atomic mass is 9.85. The Labute approximate surface area is 142 Å². The van der Waals surface area contributed by atoms with E-state index < -0.39 is 5.82 Å². The van der Waals surface area contributed by atoms with Crippen molar-refractivity contribution < 1.29 is 13.9 Å². The minimum Gasteiger partial charge on any atom is -0.491 e. The summed E-state index contributed by atoms with van der Waals surface area (Å²) < 4.78 is 19.0. The molecule has 0 spiro atoms. The molecule has 1 saturated heterocycles. The van der Waals surface area contributed by atoms with Gasteiger partial charge in [0.1, 0.15) is 0 Å². The maximum Gasteiger partial charge on any atom is 0.241 e. The molecule has 1 amide bonds. The van der Waals surface area contributed by atoms with E-state index in [0.29, 0.717) is 24.3 Å². The number of nitrogens with one attached hydrogen (secondary N) is 2. The van der Waals surface area contributed by atoms with Crippen molar-refractivity contribution in [2.75, 3.05) is 11.9 Å². The summed E-state index contributed by atoms with van der Waals surface area (Å²) >= 11 is 0. The van der Waals surface area contributed by atoms with Crippen LogP contribution in [0.2, 0.25) is 0 Å². The highest BCUT2D eigenvalue weighted by Gasteiger charge is 2.38. The Kier molecular flexibility index (Phi) is 6.25. The van der Waals surface area contributed by atoms with Crippen molar-refractivity contribution in [2.24, 2.45) is 5.92 Å². The van der Waals surface area contributed by atoms with Gasteiger partial charge in [-0.15, -0.1) is 12.4 Å². The second-order valence-corrected chi connectivity index (χ2v) is 6.17. The molecule has 3 atom stereocenters. The van der Waals surface area contributed by atoms with Crippen LogP contribution >= 0.6 is 12.4 Å². The summed E-state index contributed by atoms with van der Waals surface area (Å²) in [6.07, 6.45) is 5.76. The zero-order valence-corrected chi connectivity index (χ0v) is 14.1. The number of fused-ring (bicyclic) bond motifs is 1. The molecule has 2 N–H and O–H groups in total. The number of hydrogen-bond acceptors (Lipinski definition) is 3. The van der Waals surface area contributed by atoms with Crippen LogP contribution in [-0.4, -0.2) is 24.6 Å². The average Bonchev–Trinajstić information content (AvgIpc) is 2.94. The largest absolute Gasteiger partial charge is 0.491 e. The number of amides is 1. The molecule has 1 aromatic rings. The molecule has 0 bridgehead atoms. The van der Waals surface area contributed by atoms with Gasteiger partial charge in [0.25, 0.3) is 0 Å². The molecule has 1 heterocycles. The van der Waals surface area contributed by atoms with E-state index in [-0.39, 0.29) is 30.1 Å². The van der Waals surface area contributed by atoms with Gasteiger partial charge in [0.05, 0.1) is 12.6 Å². The van der Waals surface area contributed by atoms with E-state index in [0.717, 1.165) is 12.8 Å². The number of halogens is 2. The van der Waals surface area contributed by atoms with Crippen molar-refractivity contribution in [1.29, 1.82) is 0 Å². The summed E-state index contributed by atoms with van der Waals surface area (Å²) in [5.41, 5.74) is 0.475. The molecule has 1 aliphatic heterocycles. The molecule has 2 fully saturated rings. The first-order chi connectivity index (χ1) is 10.7. The number of carbonyl (C=O) groups is 1. The monoisotopic (exact) mass is 342 g/mol. The molecule has 128 valence electrons. The molecule has 4 nitrogen and oxygen atoms in total. The van der Waals surface area contributed by atoms with Crippen LogP contribution in [0.4, 0.5) is 10.1 Å². The summed E-state index contributed by atoms with van der Waals surface area (Å²) in [6, 6.07) is 4.85. The lowest BCUT2D eigenvalue weighted by molar-refractivity contribution is -0.117. The van der Waals surface area contributed by atoms with Crippen molar-refractivity contribution in [1.82, 2.24) is 5.32 Å². The van der Waals surface area contributed by atoms with Gasteiger partial charge in [0.2, 0.25) is 5.91 Å². The predicted molar refractivity (Wildman–Crippen MR) is 90.7 cm³/mol. The fourth-order valence-electron chi connectivity index (χ4n) is 3.60. The molecule has 3 rings (SSSR count). The van der Waals surface area contributed by atoms with Crippen LogP contribution in [0.15, 0.2) is 18.2 Å². The van der Waals surface area contributed by atoms with E-state index in [1.807, 2.05) is 0 Å². The van der Waals surface area contributed by atoms with Gasteiger partial charge in [-0.3, -0.25) is 4.79 Å². The number of hydrogen-bond donors (Lipinski definition) is 2. The first-order valence-corrected chi connectivity index (χ1v) is 8.16. The van der Waals surface area contributed by atoms with Crippen LogP contribution in [0.5, 0.6) is 5.75 Å². The Morgan fingerprint density at radius 2 is 2.17 bits per heavy atom. The Balaban J connectivity index is 0.00000192. The lowest BCUT2D eigenvalue weighted by Gasteiger charge is -2.24. The molecule has 23 heavy (non-hydrogen) atoms. The molecule has 3 unspecified atom stereocenters. The zero-order chi connectivity index (χ0) is 15.5. The molecule has 6 heteroatoms. The van der Waals surface area contributed by atoms with E-state index in [9.17, 15) is 9.18 Å². The highest BCUT2D eigenvalue weighted by atomic mass is 35.5. The third-order valence-electron chi connectivity index (χ3n) is 4.68. The summed E-state index contributed by atoms with van der Waals surface area (Å²) in [5.74, 6) is 0.303. The van der Waals surface area contributed by atoms with Crippen LogP contribution in [0.1, 0.15) is 39.0 Å². The number of carbonyl (C=O) groups excluding carboxylic acids is 1. The Morgan fingerprint density at radius 3 is 2.87 bits per heavy atom. The van der Waals surface area contributed by atoms with Crippen molar-refractivity contribution in [3.05, 3.63) is 24.0 Å². The third-order valence-corrected chi connectivity index (χ3v) is 4.68. The maximum absolute atomic E-state index is 13.8. The minimum atomic E-state index is -0.451. The van der Waals surface area contributed by atoms with Crippen LogP contribution in [0, 0.1) is 11.7 Å². The highest BCUT2D eigenvalue weighted by molar-refractivity contribution is 5.95. The second-order valence-electron chi connectivity index (χ2n) is 6.17. The minimum absolute atomic E-state index is 0. The smallest absolute Gasteiger partial charge is 0.241 e. The maximum atomic E-state index is 13.8. The van der Waals surface area contributed by atoms with Gasteiger partial charge < -0.3 is 15.4 Å². The van der Waals surface area contributed by atoms with Crippen LogP contribution in [0.25, 0.3) is 0 Å². The van der Waals surface area contributed by atoms with Crippen molar-refractivity contribution in [3.8, 4) is 5.75 Å². The van der Waals surface area contributed by atoms with Gasteiger partial charge in [-0.1, -0.05) is 12.8 Å². The number of rotatable bonds is 4. The summed E-state index contributed by atoms with van der Waals surface area (Å²) in [4.78, 5) is 12.4. The zero-order valence-electron chi connectivity index (χ0n) is 13.3. The summed E-state index contributed by atoms with van der Waals surface area (Å²) in [6.45, 7) is 2.22.